The molecule has 0 radical (unpaired) electrons. The zero-order valence-corrected chi connectivity index (χ0v) is 13.7. The molecule has 2 aromatic rings. The second kappa shape index (κ2) is 6.83. The molecule has 1 aromatic carbocycles. The summed E-state index contributed by atoms with van der Waals surface area (Å²) >= 11 is 0. The highest BCUT2D eigenvalue weighted by atomic mass is 35.5. The SMILES string of the molecule is Cl.O=C(c1cccnn1)N1C[C@@H]2CNC[C@@H]2[C@@H]1c1cccc(F)c1. The van der Waals surface area contributed by atoms with Crippen molar-refractivity contribution in [3.05, 3.63) is 59.7 Å². The van der Waals surface area contributed by atoms with Gasteiger partial charge in [0.15, 0.2) is 5.69 Å². The van der Waals surface area contributed by atoms with E-state index in [0.717, 1.165) is 18.7 Å². The molecule has 2 fully saturated rings. The number of fused-ring (bicyclic) bond motifs is 1. The van der Waals surface area contributed by atoms with Crippen LogP contribution in [-0.2, 0) is 0 Å². The van der Waals surface area contributed by atoms with Crippen molar-refractivity contribution >= 4 is 18.3 Å². The molecular formula is C17H18ClFN4O. The van der Waals surface area contributed by atoms with E-state index in [2.05, 4.69) is 15.5 Å². The summed E-state index contributed by atoms with van der Waals surface area (Å²) in [5.41, 5.74) is 1.18. The van der Waals surface area contributed by atoms with E-state index in [1.165, 1.54) is 12.1 Å². The number of carbonyl (C=O) groups excluding carboxylic acids is 1. The van der Waals surface area contributed by atoms with Crippen molar-refractivity contribution in [1.29, 1.82) is 0 Å². The van der Waals surface area contributed by atoms with E-state index in [1.807, 2.05) is 11.0 Å². The van der Waals surface area contributed by atoms with Gasteiger partial charge in [-0.1, -0.05) is 12.1 Å². The van der Waals surface area contributed by atoms with Crippen molar-refractivity contribution in [2.45, 2.75) is 6.04 Å². The predicted octanol–water partition coefficient (Wildman–Crippen LogP) is 2.07. The molecule has 1 amide bonds. The Morgan fingerprint density at radius 3 is 2.88 bits per heavy atom. The summed E-state index contributed by atoms with van der Waals surface area (Å²) in [5, 5.41) is 11.1. The van der Waals surface area contributed by atoms with Gasteiger partial charge in [-0.05, 0) is 35.7 Å². The smallest absolute Gasteiger partial charge is 0.274 e. The highest BCUT2D eigenvalue weighted by Crippen LogP contribution is 2.43. The second-order valence-electron chi connectivity index (χ2n) is 6.15. The number of likely N-dealkylation sites (tertiary alicyclic amines) is 1. The van der Waals surface area contributed by atoms with Gasteiger partial charge in [-0.3, -0.25) is 4.79 Å². The molecule has 0 aliphatic carbocycles. The van der Waals surface area contributed by atoms with E-state index in [-0.39, 0.29) is 30.2 Å². The fourth-order valence-electron chi connectivity index (χ4n) is 3.81. The molecule has 0 saturated carbocycles. The molecule has 3 atom stereocenters. The molecule has 1 aromatic heterocycles. The highest BCUT2D eigenvalue weighted by molar-refractivity contribution is 5.92. The highest BCUT2D eigenvalue weighted by Gasteiger charge is 2.47. The van der Waals surface area contributed by atoms with Gasteiger partial charge in [-0.25, -0.2) is 4.39 Å². The second-order valence-corrected chi connectivity index (χ2v) is 6.15. The number of hydrogen-bond acceptors (Lipinski definition) is 4. The van der Waals surface area contributed by atoms with E-state index >= 15 is 0 Å². The van der Waals surface area contributed by atoms with Crippen molar-refractivity contribution in [2.24, 2.45) is 11.8 Å². The van der Waals surface area contributed by atoms with Crippen LogP contribution in [0, 0.1) is 17.7 Å². The lowest BCUT2D eigenvalue weighted by Crippen LogP contribution is -2.35. The number of amides is 1. The molecule has 126 valence electrons. The monoisotopic (exact) mass is 348 g/mol. The van der Waals surface area contributed by atoms with Crippen LogP contribution in [0.5, 0.6) is 0 Å². The Morgan fingerprint density at radius 1 is 1.25 bits per heavy atom. The van der Waals surface area contributed by atoms with Gasteiger partial charge in [-0.2, -0.15) is 5.10 Å². The maximum atomic E-state index is 13.7. The summed E-state index contributed by atoms with van der Waals surface area (Å²) < 4.78 is 13.7. The molecule has 4 rings (SSSR count). The van der Waals surface area contributed by atoms with E-state index in [4.69, 9.17) is 0 Å². The summed E-state index contributed by atoms with van der Waals surface area (Å²) in [6, 6.07) is 9.80. The van der Waals surface area contributed by atoms with Crippen LogP contribution in [-0.4, -0.2) is 40.6 Å². The number of benzene rings is 1. The number of rotatable bonds is 2. The van der Waals surface area contributed by atoms with Crippen molar-refractivity contribution in [2.75, 3.05) is 19.6 Å². The Bertz CT molecular complexity index is 730. The Labute approximate surface area is 145 Å². The van der Waals surface area contributed by atoms with Crippen LogP contribution in [0.4, 0.5) is 4.39 Å². The van der Waals surface area contributed by atoms with Gasteiger partial charge in [-0.15, -0.1) is 17.5 Å². The molecule has 0 unspecified atom stereocenters. The minimum atomic E-state index is -0.274. The van der Waals surface area contributed by atoms with Crippen LogP contribution in [0.25, 0.3) is 0 Å². The fraction of sp³-hybridized carbons (Fsp3) is 0.353. The molecule has 7 heteroatoms. The molecular weight excluding hydrogens is 331 g/mol. The molecule has 0 spiro atoms. The van der Waals surface area contributed by atoms with Crippen molar-refractivity contribution in [1.82, 2.24) is 20.4 Å². The molecule has 2 aliphatic rings. The zero-order valence-electron chi connectivity index (χ0n) is 12.9. The fourth-order valence-corrected chi connectivity index (χ4v) is 3.81. The first-order valence-corrected chi connectivity index (χ1v) is 7.79. The number of carbonyl (C=O) groups is 1. The molecule has 5 nitrogen and oxygen atoms in total. The quantitative estimate of drug-likeness (QED) is 0.902. The van der Waals surface area contributed by atoms with E-state index in [1.54, 1.807) is 24.4 Å². The van der Waals surface area contributed by atoms with Crippen LogP contribution >= 0.6 is 12.4 Å². The topological polar surface area (TPSA) is 58.1 Å². The van der Waals surface area contributed by atoms with Gasteiger partial charge < -0.3 is 10.2 Å². The number of halogens is 2. The molecule has 2 aliphatic heterocycles. The lowest BCUT2D eigenvalue weighted by atomic mass is 9.89. The summed E-state index contributed by atoms with van der Waals surface area (Å²) in [6.45, 7) is 2.39. The predicted molar refractivity (Wildman–Crippen MR) is 89.3 cm³/mol. The van der Waals surface area contributed by atoms with Crippen LogP contribution in [0.15, 0.2) is 42.6 Å². The number of aromatic nitrogens is 2. The zero-order chi connectivity index (χ0) is 15.8. The minimum absolute atomic E-state index is 0. The largest absolute Gasteiger partial charge is 0.330 e. The third-order valence-corrected chi connectivity index (χ3v) is 4.81. The van der Waals surface area contributed by atoms with Gasteiger partial charge in [0.2, 0.25) is 0 Å². The average Bonchev–Trinajstić information content (AvgIpc) is 3.15. The third kappa shape index (κ3) is 2.87. The summed E-state index contributed by atoms with van der Waals surface area (Å²) in [6.07, 6.45) is 1.55. The first kappa shape index (κ1) is 16.8. The number of nitrogens with one attached hydrogen (secondary N) is 1. The number of nitrogens with zero attached hydrogens (tertiary/aromatic N) is 3. The van der Waals surface area contributed by atoms with Gasteiger partial charge in [0.1, 0.15) is 5.82 Å². The van der Waals surface area contributed by atoms with Crippen molar-refractivity contribution in [3.8, 4) is 0 Å². The molecule has 0 bridgehead atoms. The van der Waals surface area contributed by atoms with Gasteiger partial charge >= 0.3 is 0 Å². The Morgan fingerprint density at radius 2 is 2.12 bits per heavy atom. The summed E-state index contributed by atoms with van der Waals surface area (Å²) in [4.78, 5) is 14.7. The van der Waals surface area contributed by atoms with E-state index < -0.39 is 0 Å². The summed E-state index contributed by atoms with van der Waals surface area (Å²) in [7, 11) is 0. The third-order valence-electron chi connectivity index (χ3n) is 4.81. The first-order valence-electron chi connectivity index (χ1n) is 7.79. The van der Waals surface area contributed by atoms with E-state index in [9.17, 15) is 9.18 Å². The maximum absolute atomic E-state index is 13.7. The van der Waals surface area contributed by atoms with Crippen molar-refractivity contribution in [3.63, 3.8) is 0 Å². The van der Waals surface area contributed by atoms with Crippen LogP contribution < -0.4 is 5.32 Å². The Kier molecular flexibility index (Phi) is 4.78. The summed E-state index contributed by atoms with van der Waals surface area (Å²) in [5.74, 6) is 0.284. The maximum Gasteiger partial charge on any atom is 0.274 e. The average molecular weight is 349 g/mol. The van der Waals surface area contributed by atoms with Crippen LogP contribution in [0.1, 0.15) is 22.1 Å². The normalized spacial score (nSPS) is 25.2. The van der Waals surface area contributed by atoms with Gasteiger partial charge in [0, 0.05) is 31.7 Å². The lowest BCUT2D eigenvalue weighted by Gasteiger charge is -2.28. The lowest BCUT2D eigenvalue weighted by molar-refractivity contribution is 0.0706. The van der Waals surface area contributed by atoms with Gasteiger partial charge in [0.25, 0.3) is 5.91 Å². The Balaban J connectivity index is 0.00000169. The van der Waals surface area contributed by atoms with E-state index in [0.29, 0.717) is 24.1 Å². The molecule has 2 saturated heterocycles. The molecule has 1 N–H and O–H groups in total. The Hall–Kier alpha value is -2.05. The first-order chi connectivity index (χ1) is 11.2. The van der Waals surface area contributed by atoms with Crippen LogP contribution in [0.2, 0.25) is 0 Å². The van der Waals surface area contributed by atoms with Crippen LogP contribution in [0.3, 0.4) is 0 Å². The minimum Gasteiger partial charge on any atom is -0.330 e. The number of hydrogen-bond donors (Lipinski definition) is 1. The molecule has 3 heterocycles. The standard InChI is InChI=1S/C17H17FN4O.ClH/c18-13-4-1-3-11(7-13)16-14-9-19-8-12(14)10-22(16)17(23)15-5-2-6-20-21-15;/h1-7,12,14,16,19H,8-10H2;1H/t12-,14-,16-;/m0./s1. The van der Waals surface area contributed by atoms with Gasteiger partial charge in [0.05, 0.1) is 6.04 Å². The molecule has 24 heavy (non-hydrogen) atoms. The van der Waals surface area contributed by atoms with Crippen molar-refractivity contribution < 1.29 is 9.18 Å².